The molecule has 0 aromatic heterocycles. The first kappa shape index (κ1) is 16.2. The third kappa shape index (κ3) is 4.96. The number of halogens is 2. The molecule has 0 bridgehead atoms. The number of hydrogen-bond donors (Lipinski definition) is 2. The van der Waals surface area contributed by atoms with Crippen molar-refractivity contribution in [1.82, 2.24) is 5.32 Å². The number of para-hydroxylation sites is 2. The first-order valence-corrected chi connectivity index (χ1v) is 7.09. The first-order valence-electron chi connectivity index (χ1n) is 6.69. The van der Waals surface area contributed by atoms with E-state index < -0.39 is 6.61 Å². The zero-order valence-electron chi connectivity index (χ0n) is 12.0. The Kier molecular flexibility index (Phi) is 5.66. The van der Waals surface area contributed by atoms with Gasteiger partial charge in [-0.05, 0) is 36.8 Å². The summed E-state index contributed by atoms with van der Waals surface area (Å²) in [7, 11) is 0. The summed E-state index contributed by atoms with van der Waals surface area (Å²) in [6.07, 6.45) is 0. The molecule has 2 aromatic rings. The highest BCUT2D eigenvalue weighted by Gasteiger charge is 2.09. The molecule has 0 amide bonds. The third-order valence-electron chi connectivity index (χ3n) is 2.92. The van der Waals surface area contributed by atoms with Gasteiger partial charge in [0.25, 0.3) is 0 Å². The summed E-state index contributed by atoms with van der Waals surface area (Å²) < 4.78 is 29.1. The number of thiocarbonyl (C=S) groups is 1. The van der Waals surface area contributed by atoms with Crippen molar-refractivity contribution in [2.45, 2.75) is 20.1 Å². The molecule has 0 saturated heterocycles. The molecule has 6 heteroatoms. The topological polar surface area (TPSA) is 33.3 Å². The molecule has 0 radical (unpaired) electrons. The fourth-order valence-electron chi connectivity index (χ4n) is 1.82. The number of ether oxygens (including phenoxy) is 1. The van der Waals surface area contributed by atoms with Crippen molar-refractivity contribution in [1.29, 1.82) is 0 Å². The molecule has 0 atom stereocenters. The van der Waals surface area contributed by atoms with E-state index in [2.05, 4.69) is 15.4 Å². The summed E-state index contributed by atoms with van der Waals surface area (Å²) in [5.41, 5.74) is 2.65. The number of rotatable bonds is 5. The minimum atomic E-state index is -2.88. The molecular formula is C16H16F2N2OS. The van der Waals surface area contributed by atoms with E-state index in [0.717, 1.165) is 5.56 Å². The van der Waals surface area contributed by atoms with Gasteiger partial charge in [0.05, 0.1) is 5.69 Å². The molecule has 0 aliphatic carbocycles. The van der Waals surface area contributed by atoms with E-state index in [1.807, 2.05) is 31.2 Å². The van der Waals surface area contributed by atoms with Crippen LogP contribution in [-0.2, 0) is 6.54 Å². The van der Waals surface area contributed by atoms with Crippen LogP contribution in [0.5, 0.6) is 5.75 Å². The van der Waals surface area contributed by atoms with Crippen molar-refractivity contribution in [3.8, 4) is 5.75 Å². The minimum Gasteiger partial charge on any atom is -0.433 e. The van der Waals surface area contributed by atoms with Crippen LogP contribution >= 0.6 is 12.2 Å². The molecule has 0 saturated carbocycles. The summed E-state index contributed by atoms with van der Waals surface area (Å²) in [5, 5.41) is 6.22. The maximum absolute atomic E-state index is 12.3. The van der Waals surface area contributed by atoms with Gasteiger partial charge < -0.3 is 15.4 Å². The Labute approximate surface area is 133 Å². The Morgan fingerprint density at radius 3 is 2.50 bits per heavy atom. The molecule has 3 nitrogen and oxygen atoms in total. The normalized spacial score (nSPS) is 10.4. The van der Waals surface area contributed by atoms with E-state index in [1.165, 1.54) is 11.6 Å². The fraction of sp³-hybridized carbons (Fsp3) is 0.188. The highest BCUT2D eigenvalue weighted by Crippen LogP contribution is 2.25. The summed E-state index contributed by atoms with van der Waals surface area (Å²) in [6.45, 7) is -0.315. The molecule has 2 rings (SSSR count). The largest absolute Gasteiger partial charge is 0.433 e. The monoisotopic (exact) mass is 322 g/mol. The second-order valence-electron chi connectivity index (χ2n) is 4.67. The minimum absolute atomic E-state index is 0.0528. The Balaban J connectivity index is 1.93. The van der Waals surface area contributed by atoms with Gasteiger partial charge in [-0.25, -0.2) is 0 Å². The molecule has 0 heterocycles. The molecule has 22 heavy (non-hydrogen) atoms. The van der Waals surface area contributed by atoms with Crippen LogP contribution in [0.25, 0.3) is 0 Å². The number of anilines is 1. The van der Waals surface area contributed by atoms with Gasteiger partial charge in [-0.15, -0.1) is 0 Å². The van der Waals surface area contributed by atoms with Gasteiger partial charge in [-0.3, -0.25) is 0 Å². The Morgan fingerprint density at radius 1 is 1.14 bits per heavy atom. The van der Waals surface area contributed by atoms with E-state index in [1.54, 1.807) is 18.2 Å². The summed E-state index contributed by atoms with van der Waals surface area (Å²) in [4.78, 5) is 0. The molecule has 2 N–H and O–H groups in total. The van der Waals surface area contributed by atoms with Gasteiger partial charge in [0.1, 0.15) is 5.75 Å². The second kappa shape index (κ2) is 7.70. The first-order chi connectivity index (χ1) is 10.5. The molecule has 116 valence electrons. The average molecular weight is 322 g/mol. The predicted octanol–water partition coefficient (Wildman–Crippen LogP) is 4.08. The van der Waals surface area contributed by atoms with Crippen LogP contribution in [-0.4, -0.2) is 11.7 Å². The van der Waals surface area contributed by atoms with Crippen molar-refractivity contribution in [2.24, 2.45) is 0 Å². The van der Waals surface area contributed by atoms with Gasteiger partial charge in [-0.2, -0.15) is 8.78 Å². The molecular weight excluding hydrogens is 306 g/mol. The number of aryl methyl sites for hydroxylation is 1. The lowest BCUT2D eigenvalue weighted by Crippen LogP contribution is -2.28. The summed E-state index contributed by atoms with van der Waals surface area (Å²) in [5.74, 6) is 0.0528. The average Bonchev–Trinajstić information content (AvgIpc) is 2.48. The fourth-order valence-corrected chi connectivity index (χ4v) is 2.01. The molecule has 0 fully saturated rings. The van der Waals surface area contributed by atoms with Crippen LogP contribution in [0.2, 0.25) is 0 Å². The van der Waals surface area contributed by atoms with Crippen LogP contribution in [0.15, 0.2) is 48.5 Å². The van der Waals surface area contributed by atoms with E-state index in [-0.39, 0.29) is 5.75 Å². The lowest BCUT2D eigenvalue weighted by atomic mass is 10.1. The van der Waals surface area contributed by atoms with Gasteiger partial charge in [0.2, 0.25) is 0 Å². The van der Waals surface area contributed by atoms with E-state index >= 15 is 0 Å². The van der Waals surface area contributed by atoms with Crippen molar-refractivity contribution in [2.75, 3.05) is 5.32 Å². The smallest absolute Gasteiger partial charge is 0.387 e. The third-order valence-corrected chi connectivity index (χ3v) is 3.17. The maximum Gasteiger partial charge on any atom is 0.387 e. The number of alkyl halides is 2. The van der Waals surface area contributed by atoms with Crippen molar-refractivity contribution in [3.05, 3.63) is 59.7 Å². The Morgan fingerprint density at radius 2 is 1.82 bits per heavy atom. The molecule has 0 unspecified atom stereocenters. The highest BCUT2D eigenvalue weighted by atomic mass is 32.1. The van der Waals surface area contributed by atoms with Crippen LogP contribution in [0.1, 0.15) is 11.1 Å². The Hall–Kier alpha value is -2.21. The zero-order chi connectivity index (χ0) is 15.9. The van der Waals surface area contributed by atoms with Crippen LogP contribution in [0.4, 0.5) is 14.5 Å². The van der Waals surface area contributed by atoms with Crippen molar-refractivity contribution in [3.63, 3.8) is 0 Å². The van der Waals surface area contributed by atoms with Crippen molar-refractivity contribution >= 4 is 23.0 Å². The molecule has 2 aromatic carbocycles. The second-order valence-corrected chi connectivity index (χ2v) is 5.08. The van der Waals surface area contributed by atoms with Gasteiger partial charge in [-0.1, -0.05) is 42.0 Å². The summed E-state index contributed by atoms with van der Waals surface area (Å²) in [6, 6.07) is 14.4. The van der Waals surface area contributed by atoms with Crippen LogP contribution in [0.3, 0.4) is 0 Å². The SMILES string of the molecule is Cc1ccc(CNC(=S)Nc2ccccc2OC(F)F)cc1. The lowest BCUT2D eigenvalue weighted by molar-refractivity contribution is -0.0493. The quantitative estimate of drug-likeness (QED) is 0.813. The number of nitrogens with one attached hydrogen (secondary N) is 2. The lowest BCUT2D eigenvalue weighted by Gasteiger charge is -2.14. The molecule has 0 aliphatic heterocycles. The maximum atomic E-state index is 12.3. The van der Waals surface area contributed by atoms with E-state index in [9.17, 15) is 8.78 Å². The van der Waals surface area contributed by atoms with Gasteiger partial charge in [0, 0.05) is 6.54 Å². The van der Waals surface area contributed by atoms with E-state index in [0.29, 0.717) is 17.3 Å². The van der Waals surface area contributed by atoms with Crippen molar-refractivity contribution < 1.29 is 13.5 Å². The summed E-state index contributed by atoms with van der Waals surface area (Å²) >= 11 is 5.17. The molecule has 0 aliphatic rings. The zero-order valence-corrected chi connectivity index (χ0v) is 12.8. The standard InChI is InChI=1S/C16H16F2N2OS/c1-11-6-8-12(9-7-11)10-19-16(22)20-13-4-2-3-5-14(13)21-15(17)18/h2-9,15H,10H2,1H3,(H2,19,20,22). The van der Waals surface area contributed by atoms with Gasteiger partial charge >= 0.3 is 6.61 Å². The van der Waals surface area contributed by atoms with E-state index in [4.69, 9.17) is 12.2 Å². The predicted molar refractivity (Wildman–Crippen MR) is 87.3 cm³/mol. The number of hydrogen-bond acceptors (Lipinski definition) is 2. The van der Waals surface area contributed by atoms with Crippen LogP contribution < -0.4 is 15.4 Å². The Bertz CT molecular complexity index is 632. The molecule has 0 spiro atoms. The number of benzene rings is 2. The highest BCUT2D eigenvalue weighted by molar-refractivity contribution is 7.80. The van der Waals surface area contributed by atoms with Crippen LogP contribution in [0, 0.1) is 6.92 Å². The van der Waals surface area contributed by atoms with Gasteiger partial charge in [0.15, 0.2) is 5.11 Å².